The molecule has 0 fully saturated rings. The molecule has 0 atom stereocenters. The molecule has 4 rings (SSSR count). The molecule has 0 saturated carbocycles. The van der Waals surface area contributed by atoms with Crippen LogP contribution in [0.15, 0.2) is 53.5 Å². The van der Waals surface area contributed by atoms with E-state index < -0.39 is 0 Å². The molecular formula is C29H34N4O2. The van der Waals surface area contributed by atoms with E-state index in [1.807, 2.05) is 46.3 Å². The minimum absolute atomic E-state index is 0.161. The Bertz CT molecular complexity index is 1300. The first-order valence-electron chi connectivity index (χ1n) is 12.2. The van der Waals surface area contributed by atoms with Crippen molar-refractivity contribution in [2.45, 2.75) is 52.6 Å². The van der Waals surface area contributed by atoms with Crippen molar-refractivity contribution in [3.8, 4) is 11.3 Å². The van der Waals surface area contributed by atoms with Gasteiger partial charge in [0.05, 0.1) is 11.3 Å². The minimum Gasteiger partial charge on any atom is -0.348 e. The van der Waals surface area contributed by atoms with E-state index >= 15 is 0 Å². The van der Waals surface area contributed by atoms with E-state index in [9.17, 15) is 9.59 Å². The van der Waals surface area contributed by atoms with Crippen molar-refractivity contribution in [1.29, 1.82) is 0 Å². The Kier molecular flexibility index (Phi) is 7.61. The Balaban J connectivity index is 1.65. The van der Waals surface area contributed by atoms with Crippen molar-refractivity contribution < 1.29 is 4.79 Å². The van der Waals surface area contributed by atoms with Crippen molar-refractivity contribution in [2.75, 3.05) is 14.1 Å². The van der Waals surface area contributed by atoms with E-state index in [0.717, 1.165) is 53.9 Å². The number of aryl methyl sites for hydroxylation is 2. The fourth-order valence-corrected chi connectivity index (χ4v) is 4.65. The van der Waals surface area contributed by atoms with Crippen LogP contribution in [0.25, 0.3) is 16.8 Å². The van der Waals surface area contributed by atoms with Crippen molar-refractivity contribution >= 4 is 11.5 Å². The molecule has 35 heavy (non-hydrogen) atoms. The van der Waals surface area contributed by atoms with Gasteiger partial charge in [0.2, 0.25) is 0 Å². The largest absolute Gasteiger partial charge is 0.348 e. The fourth-order valence-electron chi connectivity index (χ4n) is 4.65. The number of H-pyrrole nitrogens is 1. The van der Waals surface area contributed by atoms with E-state index in [1.165, 1.54) is 17.6 Å². The van der Waals surface area contributed by atoms with Crippen LogP contribution in [0.2, 0.25) is 0 Å². The molecule has 2 N–H and O–H groups in total. The smallest absolute Gasteiger partial charge is 0.253 e. The Morgan fingerprint density at radius 1 is 1.11 bits per heavy atom. The molecule has 182 valence electrons. The molecule has 1 aliphatic rings. The summed E-state index contributed by atoms with van der Waals surface area (Å²) in [4.78, 5) is 35.6. The maximum atomic E-state index is 13.4. The maximum Gasteiger partial charge on any atom is 0.253 e. The number of rotatable bonds is 7. The predicted octanol–water partition coefficient (Wildman–Crippen LogP) is 5.00. The lowest BCUT2D eigenvalue weighted by Crippen LogP contribution is -2.28. The number of hydrogen-bond donors (Lipinski definition) is 2. The van der Waals surface area contributed by atoms with Gasteiger partial charge in [-0.25, -0.2) is 0 Å². The van der Waals surface area contributed by atoms with Crippen LogP contribution in [-0.4, -0.2) is 34.9 Å². The SMILES string of the molecule is Cc1cc(C)c(CNC(=O)c2cc(-c3ccc(CN(C)C)cc3)ncc2C2=CCCCC2)c(=O)[nH]1. The first kappa shape index (κ1) is 24.6. The number of nitrogens with one attached hydrogen (secondary N) is 2. The van der Waals surface area contributed by atoms with E-state index in [4.69, 9.17) is 4.98 Å². The molecular weight excluding hydrogens is 436 g/mol. The lowest BCUT2D eigenvalue weighted by Gasteiger charge is -2.17. The van der Waals surface area contributed by atoms with Crippen LogP contribution in [0.3, 0.4) is 0 Å². The first-order chi connectivity index (χ1) is 16.8. The van der Waals surface area contributed by atoms with Gasteiger partial charge in [0, 0.05) is 41.7 Å². The molecule has 3 aromatic rings. The average molecular weight is 471 g/mol. The lowest BCUT2D eigenvalue weighted by atomic mass is 9.91. The summed E-state index contributed by atoms with van der Waals surface area (Å²) in [5.74, 6) is -0.196. The molecule has 0 bridgehead atoms. The highest BCUT2D eigenvalue weighted by Gasteiger charge is 2.19. The van der Waals surface area contributed by atoms with Gasteiger partial charge in [-0.05, 0) is 82.5 Å². The van der Waals surface area contributed by atoms with Crippen LogP contribution in [0.5, 0.6) is 0 Å². The molecule has 0 aliphatic heterocycles. The monoisotopic (exact) mass is 470 g/mol. The number of carbonyl (C=O) groups excluding carboxylic acids is 1. The van der Waals surface area contributed by atoms with Crippen molar-refractivity contribution in [3.05, 3.63) is 92.5 Å². The summed E-state index contributed by atoms with van der Waals surface area (Å²) in [7, 11) is 4.09. The second kappa shape index (κ2) is 10.8. The quantitative estimate of drug-likeness (QED) is 0.509. The third kappa shape index (κ3) is 5.95. The Morgan fingerprint density at radius 3 is 2.54 bits per heavy atom. The second-order valence-electron chi connectivity index (χ2n) is 9.65. The summed E-state index contributed by atoms with van der Waals surface area (Å²) in [6, 6.07) is 12.1. The predicted molar refractivity (Wildman–Crippen MR) is 141 cm³/mol. The third-order valence-electron chi connectivity index (χ3n) is 6.45. The van der Waals surface area contributed by atoms with E-state index in [0.29, 0.717) is 11.1 Å². The van der Waals surface area contributed by atoms with E-state index in [-0.39, 0.29) is 18.0 Å². The van der Waals surface area contributed by atoms with Crippen LogP contribution in [0.1, 0.15) is 64.0 Å². The Morgan fingerprint density at radius 2 is 1.89 bits per heavy atom. The molecule has 1 amide bonds. The summed E-state index contributed by atoms with van der Waals surface area (Å²) in [5, 5.41) is 2.99. The number of pyridine rings is 2. The van der Waals surface area contributed by atoms with Crippen LogP contribution in [0.4, 0.5) is 0 Å². The zero-order valence-corrected chi connectivity index (χ0v) is 21.1. The van der Waals surface area contributed by atoms with Gasteiger partial charge in [0.25, 0.3) is 11.5 Å². The summed E-state index contributed by atoms with van der Waals surface area (Å²) in [6.07, 6.45) is 8.30. The van der Waals surface area contributed by atoms with Crippen LogP contribution in [-0.2, 0) is 13.1 Å². The highest BCUT2D eigenvalue weighted by molar-refractivity contribution is 6.00. The summed E-state index contributed by atoms with van der Waals surface area (Å²) in [6.45, 7) is 4.79. The van der Waals surface area contributed by atoms with Gasteiger partial charge in [0.15, 0.2) is 0 Å². The molecule has 2 aromatic heterocycles. The molecule has 6 heteroatoms. The normalized spacial score (nSPS) is 13.6. The molecule has 1 aliphatic carbocycles. The summed E-state index contributed by atoms with van der Waals surface area (Å²) < 4.78 is 0. The van der Waals surface area contributed by atoms with Crippen LogP contribution >= 0.6 is 0 Å². The number of amides is 1. The molecule has 1 aromatic carbocycles. The molecule has 2 heterocycles. The topological polar surface area (TPSA) is 78.1 Å². The highest BCUT2D eigenvalue weighted by atomic mass is 16.1. The van der Waals surface area contributed by atoms with Crippen molar-refractivity contribution in [1.82, 2.24) is 20.2 Å². The molecule has 0 saturated heterocycles. The van der Waals surface area contributed by atoms with E-state index in [2.05, 4.69) is 45.5 Å². The van der Waals surface area contributed by atoms with Gasteiger partial charge >= 0.3 is 0 Å². The number of allylic oxidation sites excluding steroid dienone is 2. The standard InChI is InChI=1S/C29H34N4O2/c1-19-14-20(2)32-29(35)25(19)16-31-28(34)24-15-27(23-12-10-21(11-13-23)18-33(3)4)30-17-26(24)22-8-6-5-7-9-22/h8,10-15,17H,5-7,9,16,18H2,1-4H3,(H,31,34)(H,32,35). The number of benzene rings is 1. The minimum atomic E-state index is -0.196. The van der Waals surface area contributed by atoms with Gasteiger partial charge in [0.1, 0.15) is 0 Å². The zero-order valence-electron chi connectivity index (χ0n) is 21.1. The molecule has 0 unspecified atom stereocenters. The van der Waals surface area contributed by atoms with Crippen LogP contribution in [0, 0.1) is 13.8 Å². The summed E-state index contributed by atoms with van der Waals surface area (Å²) >= 11 is 0. The molecule has 6 nitrogen and oxygen atoms in total. The van der Waals surface area contributed by atoms with Crippen LogP contribution < -0.4 is 10.9 Å². The maximum absolute atomic E-state index is 13.4. The zero-order chi connectivity index (χ0) is 24.9. The Labute approximate surface area is 207 Å². The number of aromatic nitrogens is 2. The van der Waals surface area contributed by atoms with Gasteiger partial charge < -0.3 is 15.2 Å². The van der Waals surface area contributed by atoms with Crippen molar-refractivity contribution in [2.24, 2.45) is 0 Å². The number of hydrogen-bond acceptors (Lipinski definition) is 4. The lowest BCUT2D eigenvalue weighted by molar-refractivity contribution is 0.0950. The molecule has 0 radical (unpaired) electrons. The number of aromatic amines is 1. The first-order valence-corrected chi connectivity index (χ1v) is 12.2. The fraction of sp³-hybridized carbons (Fsp3) is 0.345. The Hall–Kier alpha value is -3.51. The van der Waals surface area contributed by atoms with Gasteiger partial charge in [-0.1, -0.05) is 30.3 Å². The summed E-state index contributed by atoms with van der Waals surface area (Å²) in [5.41, 5.74) is 7.70. The van der Waals surface area contributed by atoms with Crippen molar-refractivity contribution in [3.63, 3.8) is 0 Å². The third-order valence-corrected chi connectivity index (χ3v) is 6.45. The van der Waals surface area contributed by atoms with Gasteiger partial charge in [-0.15, -0.1) is 0 Å². The second-order valence-corrected chi connectivity index (χ2v) is 9.65. The molecule has 0 spiro atoms. The average Bonchev–Trinajstić information content (AvgIpc) is 2.83. The van der Waals surface area contributed by atoms with Gasteiger partial charge in [-0.3, -0.25) is 14.6 Å². The van der Waals surface area contributed by atoms with E-state index in [1.54, 1.807) is 0 Å². The number of nitrogens with zero attached hydrogens (tertiary/aromatic N) is 2. The highest BCUT2D eigenvalue weighted by Crippen LogP contribution is 2.31. The number of carbonyl (C=O) groups is 1. The van der Waals surface area contributed by atoms with Gasteiger partial charge in [-0.2, -0.15) is 0 Å².